The van der Waals surface area contributed by atoms with E-state index in [0.29, 0.717) is 6.04 Å². The van der Waals surface area contributed by atoms with Gasteiger partial charge >= 0.3 is 0 Å². The van der Waals surface area contributed by atoms with E-state index in [4.69, 9.17) is 0 Å². The van der Waals surface area contributed by atoms with Crippen molar-refractivity contribution >= 4 is 23.7 Å². The summed E-state index contributed by atoms with van der Waals surface area (Å²) in [5, 5.41) is 0. The zero-order valence-corrected chi connectivity index (χ0v) is 11.7. The molecule has 1 atom stereocenters. The molecule has 1 aromatic carbocycles. The van der Waals surface area contributed by atoms with Gasteiger partial charge in [0.15, 0.2) is 0 Å². The molecule has 0 bridgehead atoms. The maximum absolute atomic E-state index is 4.57. The minimum Gasteiger partial charge on any atom is -0.331 e. The molecule has 1 aromatic heterocycles. The number of aryl methyl sites for hydroxylation is 2. The third-order valence-corrected chi connectivity index (χ3v) is 3.66. The third kappa shape index (κ3) is 2.19. The molecule has 3 nitrogen and oxygen atoms in total. The highest BCUT2D eigenvalue weighted by Crippen LogP contribution is 2.24. The van der Waals surface area contributed by atoms with Crippen LogP contribution in [0.25, 0.3) is 11.0 Å². The van der Waals surface area contributed by atoms with Crippen LogP contribution in [-0.2, 0) is 7.05 Å². The molecule has 0 radical (unpaired) electrons. The summed E-state index contributed by atoms with van der Waals surface area (Å²) >= 11 is 4.42. The number of imidazole rings is 1. The van der Waals surface area contributed by atoms with Crippen LogP contribution >= 0.6 is 12.6 Å². The van der Waals surface area contributed by atoms with Crippen molar-refractivity contribution in [2.24, 2.45) is 7.05 Å². The van der Waals surface area contributed by atoms with Gasteiger partial charge in [0.2, 0.25) is 0 Å². The quantitative estimate of drug-likeness (QED) is 0.843. The fourth-order valence-corrected chi connectivity index (χ4v) is 2.65. The first kappa shape index (κ1) is 12.5. The number of aromatic nitrogens is 2. The van der Waals surface area contributed by atoms with Crippen LogP contribution in [-0.4, -0.2) is 34.3 Å². The summed E-state index contributed by atoms with van der Waals surface area (Å²) < 4.78 is 2.12. The summed E-state index contributed by atoms with van der Waals surface area (Å²) in [4.78, 5) is 6.75. The molecule has 0 aliphatic carbocycles. The zero-order valence-electron chi connectivity index (χ0n) is 10.8. The summed E-state index contributed by atoms with van der Waals surface area (Å²) in [7, 11) is 6.20. The maximum Gasteiger partial charge on any atom is 0.106 e. The van der Waals surface area contributed by atoms with Crippen LogP contribution in [0.1, 0.15) is 17.4 Å². The molecule has 0 amide bonds. The number of benzene rings is 1. The lowest BCUT2D eigenvalue weighted by Crippen LogP contribution is -2.21. The minimum atomic E-state index is 0.338. The van der Waals surface area contributed by atoms with Gasteiger partial charge in [-0.25, -0.2) is 4.98 Å². The smallest absolute Gasteiger partial charge is 0.106 e. The van der Waals surface area contributed by atoms with Crippen LogP contribution in [0.4, 0.5) is 0 Å². The number of thiol groups is 1. The van der Waals surface area contributed by atoms with E-state index in [1.807, 2.05) is 14.0 Å². The van der Waals surface area contributed by atoms with E-state index >= 15 is 0 Å². The monoisotopic (exact) mass is 249 g/mol. The molecule has 0 saturated carbocycles. The van der Waals surface area contributed by atoms with Crippen LogP contribution < -0.4 is 0 Å². The molecule has 0 aliphatic heterocycles. The molecule has 17 heavy (non-hydrogen) atoms. The number of fused-ring (bicyclic) bond motifs is 1. The normalized spacial score (nSPS) is 13.5. The summed E-state index contributed by atoms with van der Waals surface area (Å²) in [6.07, 6.45) is 0. The van der Waals surface area contributed by atoms with Crippen LogP contribution in [0.5, 0.6) is 0 Å². The Hall–Kier alpha value is -1.00. The van der Waals surface area contributed by atoms with Gasteiger partial charge in [0.05, 0.1) is 11.0 Å². The van der Waals surface area contributed by atoms with Crippen molar-refractivity contribution in [2.45, 2.75) is 13.0 Å². The van der Waals surface area contributed by atoms with Gasteiger partial charge < -0.3 is 9.47 Å². The van der Waals surface area contributed by atoms with Crippen LogP contribution in [0.15, 0.2) is 18.2 Å². The first-order chi connectivity index (χ1) is 8.04. The van der Waals surface area contributed by atoms with E-state index in [0.717, 1.165) is 17.1 Å². The largest absolute Gasteiger partial charge is 0.331 e. The van der Waals surface area contributed by atoms with Crippen molar-refractivity contribution in [3.05, 3.63) is 29.6 Å². The van der Waals surface area contributed by atoms with E-state index in [2.05, 4.69) is 59.4 Å². The number of rotatable bonds is 3. The second-order valence-electron chi connectivity index (χ2n) is 4.63. The van der Waals surface area contributed by atoms with Gasteiger partial charge in [0.1, 0.15) is 5.82 Å². The second kappa shape index (κ2) is 4.70. The summed E-state index contributed by atoms with van der Waals surface area (Å²) in [6, 6.07) is 6.82. The number of nitrogens with zero attached hydrogens (tertiary/aromatic N) is 3. The van der Waals surface area contributed by atoms with Crippen molar-refractivity contribution in [2.75, 3.05) is 19.8 Å². The van der Waals surface area contributed by atoms with Crippen molar-refractivity contribution < 1.29 is 0 Å². The average Bonchev–Trinajstić information content (AvgIpc) is 2.55. The summed E-state index contributed by atoms with van der Waals surface area (Å²) in [5.41, 5.74) is 3.52. The van der Waals surface area contributed by atoms with Gasteiger partial charge in [-0.3, -0.25) is 0 Å². The molecule has 0 fully saturated rings. The van der Waals surface area contributed by atoms with Crippen molar-refractivity contribution in [3.63, 3.8) is 0 Å². The maximum atomic E-state index is 4.57. The Balaban J connectivity index is 2.51. The minimum absolute atomic E-state index is 0.338. The second-order valence-corrected chi connectivity index (χ2v) is 4.99. The molecule has 92 valence electrons. The molecular formula is C13H19N3S. The molecule has 1 heterocycles. The molecular weight excluding hydrogens is 230 g/mol. The first-order valence-electron chi connectivity index (χ1n) is 5.75. The number of hydrogen-bond acceptors (Lipinski definition) is 3. The van der Waals surface area contributed by atoms with Crippen LogP contribution in [0.2, 0.25) is 0 Å². The summed E-state index contributed by atoms with van der Waals surface area (Å²) in [6.45, 7) is 2.03. The van der Waals surface area contributed by atoms with Crippen molar-refractivity contribution in [3.8, 4) is 0 Å². The molecule has 1 unspecified atom stereocenters. The lowest BCUT2D eigenvalue weighted by molar-refractivity contribution is 0.327. The van der Waals surface area contributed by atoms with E-state index in [1.165, 1.54) is 11.1 Å². The Morgan fingerprint density at radius 3 is 2.71 bits per heavy atom. The predicted molar refractivity (Wildman–Crippen MR) is 75.7 cm³/mol. The SMILES string of the molecule is Cc1nc2cc(C(CS)N(C)C)ccc2n1C. The fraction of sp³-hybridized carbons (Fsp3) is 0.462. The van der Waals surface area contributed by atoms with Gasteiger partial charge in [0, 0.05) is 18.8 Å². The standard InChI is InChI=1S/C13H19N3S/c1-9-14-11-7-10(13(8-17)15(2)3)5-6-12(11)16(9)4/h5-7,13,17H,8H2,1-4H3. The fourth-order valence-electron chi connectivity index (χ4n) is 2.11. The Morgan fingerprint density at radius 2 is 2.12 bits per heavy atom. The molecule has 0 saturated heterocycles. The summed E-state index contributed by atoms with van der Waals surface area (Å²) in [5.74, 6) is 1.86. The van der Waals surface area contributed by atoms with Gasteiger partial charge in [-0.1, -0.05) is 6.07 Å². The Bertz CT molecular complexity index is 531. The van der Waals surface area contributed by atoms with Crippen LogP contribution in [0, 0.1) is 6.92 Å². The van der Waals surface area contributed by atoms with E-state index in [1.54, 1.807) is 0 Å². The molecule has 2 aromatic rings. The molecule has 0 spiro atoms. The van der Waals surface area contributed by atoms with Gasteiger partial charge in [-0.15, -0.1) is 0 Å². The highest BCUT2D eigenvalue weighted by atomic mass is 32.1. The third-order valence-electron chi connectivity index (χ3n) is 3.31. The van der Waals surface area contributed by atoms with Crippen LogP contribution in [0.3, 0.4) is 0 Å². The van der Waals surface area contributed by atoms with Crippen molar-refractivity contribution in [1.82, 2.24) is 14.5 Å². The average molecular weight is 249 g/mol. The van der Waals surface area contributed by atoms with E-state index in [-0.39, 0.29) is 0 Å². The lowest BCUT2D eigenvalue weighted by atomic mass is 10.1. The molecule has 0 aliphatic rings. The van der Waals surface area contributed by atoms with Gasteiger partial charge in [0.25, 0.3) is 0 Å². The lowest BCUT2D eigenvalue weighted by Gasteiger charge is -2.22. The highest BCUT2D eigenvalue weighted by Gasteiger charge is 2.14. The molecule has 2 rings (SSSR count). The highest BCUT2D eigenvalue weighted by molar-refractivity contribution is 7.80. The topological polar surface area (TPSA) is 21.1 Å². The van der Waals surface area contributed by atoms with Gasteiger partial charge in [-0.2, -0.15) is 12.6 Å². The van der Waals surface area contributed by atoms with Crippen molar-refractivity contribution in [1.29, 1.82) is 0 Å². The van der Waals surface area contributed by atoms with E-state index in [9.17, 15) is 0 Å². The van der Waals surface area contributed by atoms with E-state index < -0.39 is 0 Å². The molecule has 0 N–H and O–H groups in total. The first-order valence-corrected chi connectivity index (χ1v) is 6.38. The number of hydrogen-bond donors (Lipinski definition) is 1. The Kier molecular flexibility index (Phi) is 3.45. The Morgan fingerprint density at radius 1 is 1.41 bits per heavy atom. The zero-order chi connectivity index (χ0) is 12.6. The Labute approximate surface area is 108 Å². The predicted octanol–water partition coefficient (Wildman–Crippen LogP) is 2.41. The molecule has 4 heteroatoms. The van der Waals surface area contributed by atoms with Gasteiger partial charge in [-0.05, 0) is 38.7 Å².